The number of rotatable bonds is 6. The molecule has 1 fully saturated rings. The SMILES string of the molecule is O=C(O)c1nn(Cc2nc3cc(OCC4CC4)c(C(F)(F)F)cc3[nH]2)c2ccccc2c1=O. The van der Waals surface area contributed by atoms with E-state index in [1.807, 2.05) is 0 Å². The number of imidazole rings is 1. The second-order valence-electron chi connectivity index (χ2n) is 7.96. The van der Waals surface area contributed by atoms with E-state index in [0.29, 0.717) is 5.52 Å². The molecule has 0 bridgehead atoms. The van der Waals surface area contributed by atoms with Crippen molar-refractivity contribution in [2.75, 3.05) is 6.61 Å². The first kappa shape index (κ1) is 21.0. The minimum Gasteiger partial charge on any atom is -0.493 e. The number of carbonyl (C=O) groups is 1. The number of hydrogen-bond acceptors (Lipinski definition) is 5. The van der Waals surface area contributed by atoms with Gasteiger partial charge in [0.05, 0.1) is 35.3 Å². The van der Waals surface area contributed by atoms with E-state index in [1.54, 1.807) is 18.2 Å². The van der Waals surface area contributed by atoms with Crippen LogP contribution in [0.2, 0.25) is 0 Å². The maximum Gasteiger partial charge on any atom is 0.420 e. The Kier molecular flexibility index (Phi) is 4.84. The fourth-order valence-electron chi connectivity index (χ4n) is 3.64. The number of carboxylic acids is 1. The maximum absolute atomic E-state index is 13.6. The van der Waals surface area contributed by atoms with E-state index in [0.717, 1.165) is 18.9 Å². The third-order valence-corrected chi connectivity index (χ3v) is 5.47. The number of halogens is 3. The molecule has 0 aliphatic heterocycles. The molecular formula is C22H17F3N4O4. The smallest absolute Gasteiger partial charge is 0.420 e. The number of benzene rings is 2. The molecule has 33 heavy (non-hydrogen) atoms. The van der Waals surface area contributed by atoms with Gasteiger partial charge >= 0.3 is 12.1 Å². The first-order valence-electron chi connectivity index (χ1n) is 10.2. The lowest BCUT2D eigenvalue weighted by Gasteiger charge is -2.13. The number of para-hydroxylation sites is 1. The predicted molar refractivity (Wildman–Crippen MR) is 111 cm³/mol. The molecular weight excluding hydrogens is 441 g/mol. The largest absolute Gasteiger partial charge is 0.493 e. The monoisotopic (exact) mass is 458 g/mol. The van der Waals surface area contributed by atoms with Crippen LogP contribution < -0.4 is 10.2 Å². The maximum atomic E-state index is 13.6. The van der Waals surface area contributed by atoms with Crippen molar-refractivity contribution in [3.8, 4) is 5.75 Å². The molecule has 8 nitrogen and oxygen atoms in total. The van der Waals surface area contributed by atoms with Gasteiger partial charge in [0.25, 0.3) is 0 Å². The topological polar surface area (TPSA) is 110 Å². The molecule has 2 aromatic heterocycles. The summed E-state index contributed by atoms with van der Waals surface area (Å²) in [6.07, 6.45) is -2.73. The lowest BCUT2D eigenvalue weighted by molar-refractivity contribution is -0.138. The van der Waals surface area contributed by atoms with Gasteiger partial charge in [0.15, 0.2) is 0 Å². The van der Waals surface area contributed by atoms with E-state index in [9.17, 15) is 27.9 Å². The van der Waals surface area contributed by atoms with Crippen molar-refractivity contribution in [2.24, 2.45) is 5.92 Å². The second kappa shape index (κ2) is 7.61. The van der Waals surface area contributed by atoms with Crippen molar-refractivity contribution in [1.29, 1.82) is 0 Å². The Labute approximate surface area is 183 Å². The number of hydrogen-bond donors (Lipinski definition) is 2. The van der Waals surface area contributed by atoms with Crippen LogP contribution in [0.25, 0.3) is 21.9 Å². The van der Waals surface area contributed by atoms with E-state index in [1.165, 1.54) is 16.8 Å². The second-order valence-corrected chi connectivity index (χ2v) is 7.96. The fraction of sp³-hybridized carbons (Fsp3) is 0.273. The highest BCUT2D eigenvalue weighted by molar-refractivity contribution is 5.90. The van der Waals surface area contributed by atoms with Crippen LogP contribution in [0.1, 0.15) is 34.7 Å². The summed E-state index contributed by atoms with van der Waals surface area (Å²) in [4.78, 5) is 31.1. The molecule has 2 heterocycles. The van der Waals surface area contributed by atoms with Crippen LogP contribution in [0.5, 0.6) is 5.75 Å². The normalized spacial score (nSPS) is 14.2. The molecule has 5 rings (SSSR count). The molecule has 2 aromatic carbocycles. The molecule has 4 aromatic rings. The number of H-pyrrole nitrogens is 1. The van der Waals surface area contributed by atoms with Crippen molar-refractivity contribution < 1.29 is 27.8 Å². The van der Waals surface area contributed by atoms with Crippen LogP contribution in [0.15, 0.2) is 41.2 Å². The summed E-state index contributed by atoms with van der Waals surface area (Å²) < 4.78 is 47.5. The number of alkyl halides is 3. The lowest BCUT2D eigenvalue weighted by Crippen LogP contribution is -2.23. The molecule has 0 spiro atoms. The van der Waals surface area contributed by atoms with E-state index in [-0.39, 0.29) is 47.1 Å². The van der Waals surface area contributed by atoms with Gasteiger partial charge in [-0.05, 0) is 37.0 Å². The number of nitrogens with one attached hydrogen (secondary N) is 1. The fourth-order valence-corrected chi connectivity index (χ4v) is 3.64. The van der Waals surface area contributed by atoms with E-state index in [2.05, 4.69) is 15.1 Å². The van der Waals surface area contributed by atoms with Gasteiger partial charge in [0.2, 0.25) is 11.1 Å². The quantitative estimate of drug-likeness (QED) is 0.455. The summed E-state index contributed by atoms with van der Waals surface area (Å²) in [5.41, 5.74) is -1.47. The van der Waals surface area contributed by atoms with Crippen molar-refractivity contribution in [2.45, 2.75) is 25.6 Å². The Morgan fingerprint density at radius 1 is 1.24 bits per heavy atom. The van der Waals surface area contributed by atoms with Gasteiger partial charge in [-0.3, -0.25) is 9.48 Å². The van der Waals surface area contributed by atoms with Crippen LogP contribution in [0.4, 0.5) is 13.2 Å². The summed E-state index contributed by atoms with van der Waals surface area (Å²) in [6.45, 7) is 0.131. The molecule has 1 aliphatic rings. The first-order chi connectivity index (χ1) is 15.7. The average molecular weight is 458 g/mol. The number of aromatic carboxylic acids is 1. The van der Waals surface area contributed by atoms with Crippen LogP contribution in [-0.2, 0) is 12.7 Å². The Bertz CT molecular complexity index is 1450. The highest BCUT2D eigenvalue weighted by Gasteiger charge is 2.36. The van der Waals surface area contributed by atoms with Crippen LogP contribution in [-0.4, -0.2) is 37.4 Å². The minimum atomic E-state index is -4.61. The molecule has 1 saturated carbocycles. The molecule has 2 N–H and O–H groups in total. The molecule has 0 atom stereocenters. The van der Waals surface area contributed by atoms with Gasteiger partial charge in [-0.2, -0.15) is 18.3 Å². The van der Waals surface area contributed by atoms with Crippen LogP contribution in [0.3, 0.4) is 0 Å². The molecule has 170 valence electrons. The first-order valence-corrected chi connectivity index (χ1v) is 10.2. The molecule has 0 radical (unpaired) electrons. The molecule has 0 unspecified atom stereocenters. The molecule has 11 heteroatoms. The van der Waals surface area contributed by atoms with Gasteiger partial charge in [-0.1, -0.05) is 12.1 Å². The number of aromatic nitrogens is 4. The van der Waals surface area contributed by atoms with E-state index >= 15 is 0 Å². The van der Waals surface area contributed by atoms with Crippen molar-refractivity contribution in [1.82, 2.24) is 19.7 Å². The standard InChI is InChI=1S/C22H17F3N4O4/c23-22(24,25)13-7-14-15(8-17(13)33-10-11-5-6-11)27-18(26-14)9-29-16-4-2-1-3-12(16)20(30)19(28-29)21(31)32/h1-4,7-8,11H,5-6,9-10H2,(H,26,27)(H,31,32). The predicted octanol–water partition coefficient (Wildman–Crippen LogP) is 3.83. The van der Waals surface area contributed by atoms with E-state index in [4.69, 9.17) is 4.74 Å². The van der Waals surface area contributed by atoms with Crippen molar-refractivity contribution >= 4 is 27.9 Å². The van der Waals surface area contributed by atoms with Gasteiger partial charge in [-0.25, -0.2) is 9.78 Å². The molecule has 1 aliphatic carbocycles. The summed E-state index contributed by atoms with van der Waals surface area (Å²) in [5, 5.41) is 13.4. The van der Waals surface area contributed by atoms with Crippen LogP contribution >= 0.6 is 0 Å². The summed E-state index contributed by atoms with van der Waals surface area (Å²) >= 11 is 0. The summed E-state index contributed by atoms with van der Waals surface area (Å²) in [5.74, 6) is -1.23. The van der Waals surface area contributed by atoms with Crippen LogP contribution in [0, 0.1) is 5.92 Å². The third kappa shape index (κ3) is 4.01. The Hall–Kier alpha value is -3.89. The van der Waals surface area contributed by atoms with Crippen molar-refractivity contribution in [3.63, 3.8) is 0 Å². The number of nitrogens with zero attached hydrogens (tertiary/aromatic N) is 3. The highest BCUT2D eigenvalue weighted by Crippen LogP contribution is 2.39. The van der Waals surface area contributed by atoms with E-state index < -0.39 is 28.8 Å². The Morgan fingerprint density at radius 3 is 2.70 bits per heavy atom. The molecule has 0 amide bonds. The highest BCUT2D eigenvalue weighted by atomic mass is 19.4. The molecule has 0 saturated heterocycles. The lowest BCUT2D eigenvalue weighted by atomic mass is 10.1. The minimum absolute atomic E-state index is 0.0879. The summed E-state index contributed by atoms with van der Waals surface area (Å²) in [6, 6.07) is 8.55. The van der Waals surface area contributed by atoms with Gasteiger partial charge in [0.1, 0.15) is 11.6 Å². The number of carboxylic acid groups (broad SMARTS) is 1. The zero-order chi connectivity index (χ0) is 23.3. The van der Waals surface area contributed by atoms with Gasteiger partial charge in [0, 0.05) is 11.5 Å². The number of ether oxygens (including phenoxy) is 1. The van der Waals surface area contributed by atoms with Gasteiger partial charge < -0.3 is 14.8 Å². The third-order valence-electron chi connectivity index (χ3n) is 5.47. The average Bonchev–Trinajstić information content (AvgIpc) is 3.51. The zero-order valence-corrected chi connectivity index (χ0v) is 17.0. The summed E-state index contributed by atoms with van der Waals surface area (Å²) in [7, 11) is 0. The van der Waals surface area contributed by atoms with Crippen molar-refractivity contribution in [3.05, 3.63) is 63.7 Å². The number of aromatic amines is 1. The number of fused-ring (bicyclic) bond motifs is 2. The Balaban J connectivity index is 1.57. The van der Waals surface area contributed by atoms with Gasteiger partial charge in [-0.15, -0.1) is 0 Å². The Morgan fingerprint density at radius 2 is 2.00 bits per heavy atom. The zero-order valence-electron chi connectivity index (χ0n) is 17.0.